The van der Waals surface area contributed by atoms with Crippen LogP contribution >= 0.6 is 11.6 Å². The first-order chi connectivity index (χ1) is 8.99. The van der Waals surface area contributed by atoms with E-state index in [0.717, 1.165) is 0 Å². The number of carbonyl (C=O) groups excluding carboxylic acids is 1. The van der Waals surface area contributed by atoms with E-state index in [9.17, 15) is 14.9 Å². The number of carbonyl (C=O) groups is 1. The molecular weight excluding hydrogens is 272 g/mol. The summed E-state index contributed by atoms with van der Waals surface area (Å²) in [4.78, 5) is 22.4. The SMILES string of the molecule is CC1OCCC1NC(=O)c1cc(Cl)ccc1[N+](=O)[O-]. The van der Waals surface area contributed by atoms with E-state index in [1.165, 1.54) is 18.2 Å². The standard InChI is InChI=1S/C12H13ClN2O4/c1-7-10(4-5-19-7)14-12(16)9-6-8(13)2-3-11(9)15(17)18/h2-3,6-7,10H,4-5H2,1H3,(H,14,16). The second kappa shape index (κ2) is 5.54. The molecule has 7 heteroatoms. The molecule has 0 bridgehead atoms. The predicted octanol–water partition coefficient (Wildman–Crippen LogP) is 2.16. The maximum atomic E-state index is 12.1. The number of ether oxygens (including phenoxy) is 1. The molecule has 1 aromatic rings. The lowest BCUT2D eigenvalue weighted by Crippen LogP contribution is -2.39. The van der Waals surface area contributed by atoms with Gasteiger partial charge in [0.25, 0.3) is 11.6 Å². The van der Waals surface area contributed by atoms with Crippen LogP contribution in [0.4, 0.5) is 5.69 Å². The third-order valence-corrected chi connectivity index (χ3v) is 3.33. The van der Waals surface area contributed by atoms with Crippen LogP contribution in [-0.2, 0) is 4.74 Å². The minimum atomic E-state index is -0.597. The molecule has 2 rings (SSSR count). The molecule has 2 unspecified atom stereocenters. The Morgan fingerprint density at radius 1 is 1.58 bits per heavy atom. The van der Waals surface area contributed by atoms with Crippen LogP contribution in [0.2, 0.25) is 5.02 Å². The average molecular weight is 285 g/mol. The summed E-state index contributed by atoms with van der Waals surface area (Å²) < 4.78 is 5.33. The highest BCUT2D eigenvalue weighted by atomic mass is 35.5. The summed E-state index contributed by atoms with van der Waals surface area (Å²) in [6, 6.07) is 3.78. The van der Waals surface area contributed by atoms with Crippen molar-refractivity contribution in [3.8, 4) is 0 Å². The lowest BCUT2D eigenvalue weighted by Gasteiger charge is -2.16. The number of amides is 1. The van der Waals surface area contributed by atoms with Gasteiger partial charge in [-0.3, -0.25) is 14.9 Å². The first kappa shape index (κ1) is 13.8. The molecule has 1 aliphatic rings. The Morgan fingerprint density at radius 3 is 2.89 bits per heavy atom. The van der Waals surface area contributed by atoms with E-state index in [1.807, 2.05) is 6.92 Å². The van der Waals surface area contributed by atoms with Crippen molar-refractivity contribution in [3.05, 3.63) is 38.9 Å². The Kier molecular flexibility index (Phi) is 4.01. The number of nitrogens with zero attached hydrogens (tertiary/aromatic N) is 1. The van der Waals surface area contributed by atoms with Gasteiger partial charge in [-0.25, -0.2) is 0 Å². The van der Waals surface area contributed by atoms with Crippen molar-refractivity contribution in [1.29, 1.82) is 0 Å². The molecule has 0 radical (unpaired) electrons. The Labute approximate surface area is 114 Å². The van der Waals surface area contributed by atoms with Gasteiger partial charge in [-0.1, -0.05) is 11.6 Å². The van der Waals surface area contributed by atoms with Crippen molar-refractivity contribution in [2.45, 2.75) is 25.5 Å². The van der Waals surface area contributed by atoms with Crippen molar-refractivity contribution >= 4 is 23.2 Å². The van der Waals surface area contributed by atoms with Crippen LogP contribution in [0.3, 0.4) is 0 Å². The summed E-state index contributed by atoms with van der Waals surface area (Å²) in [6.45, 7) is 2.42. The molecule has 0 aliphatic carbocycles. The fourth-order valence-corrected chi connectivity index (χ4v) is 2.19. The highest BCUT2D eigenvalue weighted by Gasteiger charge is 2.28. The summed E-state index contributed by atoms with van der Waals surface area (Å²) in [5, 5.41) is 13.9. The minimum absolute atomic E-state index is 0.0309. The largest absolute Gasteiger partial charge is 0.376 e. The first-order valence-electron chi connectivity index (χ1n) is 5.85. The van der Waals surface area contributed by atoms with Gasteiger partial charge < -0.3 is 10.1 Å². The predicted molar refractivity (Wildman–Crippen MR) is 69.4 cm³/mol. The van der Waals surface area contributed by atoms with Crippen LogP contribution in [0, 0.1) is 10.1 Å². The molecule has 1 aromatic carbocycles. The zero-order chi connectivity index (χ0) is 14.0. The summed E-state index contributed by atoms with van der Waals surface area (Å²) in [5.41, 5.74) is -0.287. The van der Waals surface area contributed by atoms with Gasteiger partial charge in [-0.15, -0.1) is 0 Å². The minimum Gasteiger partial charge on any atom is -0.376 e. The number of nitrogens with one attached hydrogen (secondary N) is 1. The topological polar surface area (TPSA) is 81.5 Å². The Morgan fingerprint density at radius 2 is 2.32 bits per heavy atom. The number of nitro benzene ring substituents is 1. The number of benzene rings is 1. The average Bonchev–Trinajstić information content (AvgIpc) is 2.74. The molecule has 1 heterocycles. The molecule has 0 aromatic heterocycles. The van der Waals surface area contributed by atoms with Crippen molar-refractivity contribution in [2.75, 3.05) is 6.61 Å². The van der Waals surface area contributed by atoms with Gasteiger partial charge in [-0.05, 0) is 25.5 Å². The molecule has 6 nitrogen and oxygen atoms in total. The quantitative estimate of drug-likeness (QED) is 0.681. The summed E-state index contributed by atoms with van der Waals surface area (Å²) in [5.74, 6) is -0.503. The normalized spacial score (nSPS) is 22.2. The molecule has 1 saturated heterocycles. The zero-order valence-corrected chi connectivity index (χ0v) is 11.0. The second-order valence-corrected chi connectivity index (χ2v) is 4.80. The maximum absolute atomic E-state index is 12.1. The molecule has 1 fully saturated rings. The number of hydrogen-bond acceptors (Lipinski definition) is 4. The lowest BCUT2D eigenvalue weighted by molar-refractivity contribution is -0.385. The van der Waals surface area contributed by atoms with E-state index in [0.29, 0.717) is 13.0 Å². The monoisotopic (exact) mass is 284 g/mol. The fraction of sp³-hybridized carbons (Fsp3) is 0.417. The molecule has 1 amide bonds. The zero-order valence-electron chi connectivity index (χ0n) is 10.3. The van der Waals surface area contributed by atoms with E-state index in [2.05, 4.69) is 5.32 Å². The number of hydrogen-bond donors (Lipinski definition) is 1. The van der Waals surface area contributed by atoms with Crippen LogP contribution in [0.15, 0.2) is 18.2 Å². The van der Waals surface area contributed by atoms with E-state index >= 15 is 0 Å². The van der Waals surface area contributed by atoms with Crippen molar-refractivity contribution in [2.24, 2.45) is 0 Å². The van der Waals surface area contributed by atoms with E-state index in [-0.39, 0.29) is 28.4 Å². The van der Waals surface area contributed by atoms with E-state index < -0.39 is 10.8 Å². The van der Waals surface area contributed by atoms with Gasteiger partial charge in [0.1, 0.15) is 5.56 Å². The molecule has 19 heavy (non-hydrogen) atoms. The molecule has 1 aliphatic heterocycles. The number of nitro groups is 1. The Hall–Kier alpha value is -1.66. The third kappa shape index (κ3) is 3.02. The maximum Gasteiger partial charge on any atom is 0.282 e. The molecule has 1 N–H and O–H groups in total. The first-order valence-corrected chi connectivity index (χ1v) is 6.23. The highest BCUT2D eigenvalue weighted by molar-refractivity contribution is 6.31. The third-order valence-electron chi connectivity index (χ3n) is 3.09. The molecule has 102 valence electrons. The van der Waals surface area contributed by atoms with Crippen LogP contribution in [0.25, 0.3) is 0 Å². The molecule has 2 atom stereocenters. The van der Waals surface area contributed by atoms with Gasteiger partial charge in [0.2, 0.25) is 0 Å². The van der Waals surface area contributed by atoms with Crippen molar-refractivity contribution < 1.29 is 14.5 Å². The van der Waals surface area contributed by atoms with Crippen LogP contribution in [0.5, 0.6) is 0 Å². The second-order valence-electron chi connectivity index (χ2n) is 4.36. The van der Waals surface area contributed by atoms with Crippen LogP contribution < -0.4 is 5.32 Å². The Bertz CT molecular complexity index is 520. The number of rotatable bonds is 3. The smallest absolute Gasteiger partial charge is 0.282 e. The summed E-state index contributed by atoms with van der Waals surface area (Å²) >= 11 is 5.78. The van der Waals surface area contributed by atoms with Crippen molar-refractivity contribution in [3.63, 3.8) is 0 Å². The summed E-state index contributed by atoms with van der Waals surface area (Å²) in [7, 11) is 0. The van der Waals surface area contributed by atoms with Gasteiger partial charge in [0.05, 0.1) is 17.1 Å². The van der Waals surface area contributed by atoms with Gasteiger partial charge >= 0.3 is 0 Å². The summed E-state index contributed by atoms with van der Waals surface area (Å²) in [6.07, 6.45) is 0.601. The van der Waals surface area contributed by atoms with Gasteiger partial charge in [-0.2, -0.15) is 0 Å². The van der Waals surface area contributed by atoms with Crippen molar-refractivity contribution in [1.82, 2.24) is 5.32 Å². The van der Waals surface area contributed by atoms with Crippen LogP contribution in [-0.4, -0.2) is 29.6 Å². The molecule has 0 spiro atoms. The Balaban J connectivity index is 2.22. The van der Waals surface area contributed by atoms with Gasteiger partial charge in [0, 0.05) is 17.7 Å². The highest BCUT2D eigenvalue weighted by Crippen LogP contribution is 2.23. The fourth-order valence-electron chi connectivity index (χ4n) is 2.02. The molecule has 0 saturated carbocycles. The van der Waals surface area contributed by atoms with Crippen LogP contribution in [0.1, 0.15) is 23.7 Å². The lowest BCUT2D eigenvalue weighted by atomic mass is 10.1. The molecular formula is C12H13ClN2O4. The number of halogens is 1. The van der Waals surface area contributed by atoms with E-state index in [4.69, 9.17) is 16.3 Å². The van der Waals surface area contributed by atoms with E-state index in [1.54, 1.807) is 0 Å². The van der Waals surface area contributed by atoms with Gasteiger partial charge in [0.15, 0.2) is 0 Å².